The Balaban J connectivity index is 2.23. The Bertz CT molecular complexity index is 497. The minimum Gasteiger partial charge on any atom is -0.508 e. The van der Waals surface area contributed by atoms with Gasteiger partial charge in [-0.25, -0.2) is 4.98 Å². The molecule has 0 aliphatic rings. The lowest BCUT2D eigenvalue weighted by Gasteiger charge is -2.07. The summed E-state index contributed by atoms with van der Waals surface area (Å²) < 4.78 is 6.50. The van der Waals surface area contributed by atoms with Crippen molar-refractivity contribution in [3.63, 3.8) is 0 Å². The number of hydrogen-bond acceptors (Lipinski definition) is 3. The van der Waals surface area contributed by atoms with Gasteiger partial charge in [0.25, 0.3) is 0 Å². The third-order valence-electron chi connectivity index (χ3n) is 2.05. The maximum absolute atomic E-state index is 9.14. The van der Waals surface area contributed by atoms with Gasteiger partial charge in [0, 0.05) is 16.2 Å². The van der Waals surface area contributed by atoms with Crippen molar-refractivity contribution in [2.24, 2.45) is 0 Å². The Kier molecular flexibility index (Phi) is 3.10. The van der Waals surface area contributed by atoms with Crippen LogP contribution in [0.5, 0.6) is 17.4 Å². The molecule has 0 fully saturated rings. The molecular weight excluding hydrogens is 270 g/mol. The normalized spacial score (nSPS) is 10.1. The van der Waals surface area contributed by atoms with E-state index in [0.717, 1.165) is 10.0 Å². The van der Waals surface area contributed by atoms with Crippen molar-refractivity contribution in [2.45, 2.75) is 6.92 Å². The van der Waals surface area contributed by atoms with Gasteiger partial charge in [0.1, 0.15) is 11.5 Å². The molecule has 3 nitrogen and oxygen atoms in total. The average Bonchev–Trinajstić information content (AvgIpc) is 2.25. The molecule has 0 saturated carbocycles. The van der Waals surface area contributed by atoms with Gasteiger partial charge in [-0.05, 0) is 53.2 Å². The fourth-order valence-corrected chi connectivity index (χ4v) is 1.71. The molecule has 0 bridgehead atoms. The van der Waals surface area contributed by atoms with E-state index in [1.54, 1.807) is 30.5 Å². The number of ether oxygens (including phenoxy) is 1. The van der Waals surface area contributed by atoms with Crippen molar-refractivity contribution in [1.29, 1.82) is 0 Å². The number of phenols is 1. The highest BCUT2D eigenvalue weighted by atomic mass is 79.9. The molecule has 1 N–H and O–H groups in total. The molecule has 2 rings (SSSR count). The predicted octanol–water partition coefficient (Wildman–Crippen LogP) is 3.65. The molecule has 0 spiro atoms. The van der Waals surface area contributed by atoms with Crippen LogP contribution in [0.15, 0.2) is 41.0 Å². The number of aromatic nitrogens is 1. The van der Waals surface area contributed by atoms with E-state index in [-0.39, 0.29) is 5.75 Å². The second-order valence-corrected chi connectivity index (χ2v) is 4.29. The first-order chi connectivity index (χ1) is 7.65. The van der Waals surface area contributed by atoms with Gasteiger partial charge in [-0.2, -0.15) is 0 Å². The lowest BCUT2D eigenvalue weighted by Crippen LogP contribution is -1.90. The van der Waals surface area contributed by atoms with Crippen LogP contribution in [0.25, 0.3) is 0 Å². The summed E-state index contributed by atoms with van der Waals surface area (Å²) in [6.45, 7) is 1.92. The SMILES string of the molecule is Cc1cc(Br)cnc1Oc1ccc(O)cc1. The number of rotatable bonds is 2. The van der Waals surface area contributed by atoms with Crippen LogP contribution in [-0.4, -0.2) is 10.1 Å². The summed E-state index contributed by atoms with van der Waals surface area (Å²) in [7, 11) is 0. The number of pyridine rings is 1. The number of hydrogen-bond donors (Lipinski definition) is 1. The summed E-state index contributed by atoms with van der Waals surface area (Å²) >= 11 is 3.34. The molecular formula is C12H10BrNO2. The average molecular weight is 280 g/mol. The Morgan fingerprint density at radius 3 is 2.56 bits per heavy atom. The summed E-state index contributed by atoms with van der Waals surface area (Å²) in [5.41, 5.74) is 0.947. The molecule has 0 saturated heterocycles. The zero-order chi connectivity index (χ0) is 11.5. The third-order valence-corrected chi connectivity index (χ3v) is 2.48. The highest BCUT2D eigenvalue weighted by molar-refractivity contribution is 9.10. The largest absolute Gasteiger partial charge is 0.508 e. The molecule has 82 valence electrons. The minimum atomic E-state index is 0.216. The van der Waals surface area contributed by atoms with Gasteiger partial charge in [0.15, 0.2) is 0 Å². The van der Waals surface area contributed by atoms with Crippen LogP contribution in [-0.2, 0) is 0 Å². The van der Waals surface area contributed by atoms with Gasteiger partial charge in [-0.1, -0.05) is 0 Å². The second kappa shape index (κ2) is 4.53. The quantitative estimate of drug-likeness (QED) is 0.913. The van der Waals surface area contributed by atoms with Crippen molar-refractivity contribution >= 4 is 15.9 Å². The van der Waals surface area contributed by atoms with Crippen LogP contribution in [0.3, 0.4) is 0 Å². The van der Waals surface area contributed by atoms with Crippen LogP contribution in [0.2, 0.25) is 0 Å². The fourth-order valence-electron chi connectivity index (χ4n) is 1.26. The first-order valence-corrected chi connectivity index (χ1v) is 5.53. The number of benzene rings is 1. The molecule has 0 unspecified atom stereocenters. The first kappa shape index (κ1) is 11.0. The third kappa shape index (κ3) is 2.52. The molecule has 1 aromatic heterocycles. The van der Waals surface area contributed by atoms with Crippen molar-refractivity contribution in [3.8, 4) is 17.4 Å². The van der Waals surface area contributed by atoms with Crippen molar-refractivity contribution in [1.82, 2.24) is 4.98 Å². The molecule has 4 heteroatoms. The topological polar surface area (TPSA) is 42.4 Å². The van der Waals surface area contributed by atoms with Gasteiger partial charge in [0.2, 0.25) is 5.88 Å². The number of halogens is 1. The van der Waals surface area contributed by atoms with Crippen molar-refractivity contribution < 1.29 is 9.84 Å². The number of phenolic OH excluding ortho intramolecular Hbond substituents is 1. The predicted molar refractivity (Wildman–Crippen MR) is 64.9 cm³/mol. The summed E-state index contributed by atoms with van der Waals surface area (Å²) in [4.78, 5) is 4.16. The standard InChI is InChI=1S/C12H10BrNO2/c1-8-6-9(13)7-14-12(8)16-11-4-2-10(15)3-5-11/h2-7,15H,1H3. The van der Waals surface area contributed by atoms with Gasteiger partial charge >= 0.3 is 0 Å². The van der Waals surface area contributed by atoms with Gasteiger partial charge in [-0.15, -0.1) is 0 Å². The Hall–Kier alpha value is -1.55. The first-order valence-electron chi connectivity index (χ1n) is 4.74. The zero-order valence-corrected chi connectivity index (χ0v) is 10.2. The number of aromatic hydroxyl groups is 1. The zero-order valence-electron chi connectivity index (χ0n) is 8.64. The highest BCUT2D eigenvalue weighted by Crippen LogP contribution is 2.25. The summed E-state index contributed by atoms with van der Waals surface area (Å²) in [6.07, 6.45) is 1.68. The van der Waals surface area contributed by atoms with E-state index >= 15 is 0 Å². The summed E-state index contributed by atoms with van der Waals surface area (Å²) in [5.74, 6) is 1.43. The van der Waals surface area contributed by atoms with Crippen molar-refractivity contribution in [2.75, 3.05) is 0 Å². The Morgan fingerprint density at radius 2 is 1.94 bits per heavy atom. The van der Waals surface area contributed by atoms with E-state index < -0.39 is 0 Å². The molecule has 0 aliphatic heterocycles. The highest BCUT2D eigenvalue weighted by Gasteiger charge is 2.03. The minimum absolute atomic E-state index is 0.216. The molecule has 0 aliphatic carbocycles. The summed E-state index contributed by atoms with van der Waals surface area (Å²) in [5, 5.41) is 9.14. The van der Waals surface area contributed by atoms with E-state index in [1.165, 1.54) is 0 Å². The van der Waals surface area contributed by atoms with Crippen LogP contribution in [0, 0.1) is 6.92 Å². The maximum Gasteiger partial charge on any atom is 0.222 e. The number of aryl methyl sites for hydroxylation is 1. The monoisotopic (exact) mass is 279 g/mol. The van der Waals surface area contributed by atoms with E-state index in [1.807, 2.05) is 13.0 Å². The van der Waals surface area contributed by atoms with Crippen LogP contribution >= 0.6 is 15.9 Å². The van der Waals surface area contributed by atoms with Crippen LogP contribution < -0.4 is 4.74 Å². The lowest BCUT2D eigenvalue weighted by atomic mass is 10.3. The van der Waals surface area contributed by atoms with Crippen LogP contribution in [0.4, 0.5) is 0 Å². The molecule has 2 aromatic rings. The van der Waals surface area contributed by atoms with E-state index in [2.05, 4.69) is 20.9 Å². The van der Waals surface area contributed by atoms with Gasteiger partial charge < -0.3 is 9.84 Å². The Labute approximate surface area is 102 Å². The maximum atomic E-state index is 9.14. The molecule has 1 heterocycles. The van der Waals surface area contributed by atoms with Gasteiger partial charge in [-0.3, -0.25) is 0 Å². The summed E-state index contributed by atoms with van der Waals surface area (Å²) in [6, 6.07) is 8.47. The fraction of sp³-hybridized carbons (Fsp3) is 0.0833. The van der Waals surface area contributed by atoms with E-state index in [9.17, 15) is 0 Å². The molecule has 0 amide bonds. The van der Waals surface area contributed by atoms with Gasteiger partial charge in [0.05, 0.1) is 0 Å². The van der Waals surface area contributed by atoms with Crippen molar-refractivity contribution in [3.05, 3.63) is 46.6 Å². The molecule has 1 aromatic carbocycles. The second-order valence-electron chi connectivity index (χ2n) is 3.37. The Morgan fingerprint density at radius 1 is 1.25 bits per heavy atom. The smallest absolute Gasteiger partial charge is 0.222 e. The molecule has 0 radical (unpaired) electrons. The molecule has 0 atom stereocenters. The lowest BCUT2D eigenvalue weighted by molar-refractivity contribution is 0.451. The number of nitrogens with zero attached hydrogens (tertiary/aromatic N) is 1. The van der Waals surface area contributed by atoms with E-state index in [0.29, 0.717) is 11.6 Å². The van der Waals surface area contributed by atoms with E-state index in [4.69, 9.17) is 9.84 Å². The van der Waals surface area contributed by atoms with Crippen LogP contribution in [0.1, 0.15) is 5.56 Å². The molecule has 16 heavy (non-hydrogen) atoms.